The lowest BCUT2D eigenvalue weighted by molar-refractivity contribution is 0.474. The summed E-state index contributed by atoms with van der Waals surface area (Å²) in [5.74, 6) is 0.323. The van der Waals surface area contributed by atoms with Gasteiger partial charge in [0.1, 0.15) is 5.75 Å². The third-order valence-corrected chi connectivity index (χ3v) is 4.29. The van der Waals surface area contributed by atoms with E-state index in [-0.39, 0.29) is 6.04 Å². The highest BCUT2D eigenvalue weighted by Crippen LogP contribution is 2.37. The quantitative estimate of drug-likeness (QED) is 0.871. The molecular weight excluding hydrogens is 316 g/mol. The zero-order valence-corrected chi connectivity index (χ0v) is 12.3. The normalized spacial score (nSPS) is 16.5. The Bertz CT molecular complexity index is 706. The smallest absolute Gasteiger partial charge is 0.115 e. The molecule has 2 N–H and O–H groups in total. The summed E-state index contributed by atoms with van der Waals surface area (Å²) in [6.07, 6.45) is 1.97. The number of aromatic hydroxyl groups is 1. The van der Waals surface area contributed by atoms with E-state index in [1.54, 1.807) is 12.1 Å². The maximum atomic E-state index is 9.52. The number of fused-ring (bicyclic) bond motifs is 1. The zero-order chi connectivity index (χ0) is 14.1. The molecule has 4 heteroatoms. The van der Waals surface area contributed by atoms with E-state index >= 15 is 0 Å². The fourth-order valence-corrected chi connectivity index (χ4v) is 3.14. The number of nitrogens with zero attached hydrogens (tertiary/aromatic N) is 1. The van der Waals surface area contributed by atoms with E-state index in [1.807, 2.05) is 24.3 Å². The lowest BCUT2D eigenvalue weighted by Crippen LogP contribution is -2.07. The fourth-order valence-electron chi connectivity index (χ4n) is 2.64. The van der Waals surface area contributed by atoms with Gasteiger partial charge in [0.15, 0.2) is 0 Å². The molecule has 3 rings (SSSR count). The van der Waals surface area contributed by atoms with E-state index in [1.165, 1.54) is 11.1 Å². The number of nitriles is 1. The lowest BCUT2D eigenvalue weighted by Gasteiger charge is -2.17. The number of halogens is 1. The minimum Gasteiger partial charge on any atom is -0.508 e. The van der Waals surface area contributed by atoms with Crippen molar-refractivity contribution >= 4 is 21.6 Å². The standard InChI is InChI=1S/C16H13BrN2O/c17-14-7-10(9-18)1-5-16(14)19-15-6-2-11-8-12(20)3-4-13(11)15/h1,3-5,7-8,15,19-20H,2,6H2. The van der Waals surface area contributed by atoms with Crippen LogP contribution in [0.2, 0.25) is 0 Å². The van der Waals surface area contributed by atoms with Crippen molar-refractivity contribution in [3.05, 3.63) is 57.6 Å². The van der Waals surface area contributed by atoms with Crippen LogP contribution in [0.15, 0.2) is 40.9 Å². The highest BCUT2D eigenvalue weighted by Gasteiger charge is 2.23. The molecule has 0 amide bonds. The van der Waals surface area contributed by atoms with Crippen LogP contribution >= 0.6 is 15.9 Å². The molecule has 1 aliphatic rings. The average Bonchev–Trinajstić information content (AvgIpc) is 2.83. The summed E-state index contributed by atoms with van der Waals surface area (Å²) in [5.41, 5.74) is 4.06. The van der Waals surface area contributed by atoms with Crippen molar-refractivity contribution in [2.24, 2.45) is 0 Å². The van der Waals surface area contributed by atoms with Crippen LogP contribution in [0.25, 0.3) is 0 Å². The molecule has 1 aliphatic carbocycles. The van der Waals surface area contributed by atoms with Crippen molar-refractivity contribution in [1.82, 2.24) is 0 Å². The number of nitrogens with one attached hydrogen (secondary N) is 1. The van der Waals surface area contributed by atoms with E-state index in [2.05, 4.69) is 27.3 Å². The van der Waals surface area contributed by atoms with Crippen LogP contribution in [0.3, 0.4) is 0 Å². The second kappa shape index (κ2) is 5.18. The number of anilines is 1. The first-order chi connectivity index (χ1) is 9.67. The van der Waals surface area contributed by atoms with Crippen LogP contribution in [0, 0.1) is 11.3 Å². The monoisotopic (exact) mass is 328 g/mol. The molecule has 1 atom stereocenters. The number of hydrogen-bond donors (Lipinski definition) is 2. The highest BCUT2D eigenvalue weighted by atomic mass is 79.9. The molecule has 3 nitrogen and oxygen atoms in total. The van der Waals surface area contributed by atoms with Gasteiger partial charge in [-0.2, -0.15) is 5.26 Å². The molecule has 2 aromatic rings. The summed E-state index contributed by atoms with van der Waals surface area (Å²) in [6.45, 7) is 0. The van der Waals surface area contributed by atoms with E-state index < -0.39 is 0 Å². The topological polar surface area (TPSA) is 56.0 Å². The molecule has 1 unspecified atom stereocenters. The largest absolute Gasteiger partial charge is 0.508 e. The van der Waals surface area contributed by atoms with Gasteiger partial charge in [0.05, 0.1) is 17.7 Å². The Kier molecular flexibility index (Phi) is 3.37. The third-order valence-electron chi connectivity index (χ3n) is 3.63. The van der Waals surface area contributed by atoms with Crippen molar-refractivity contribution < 1.29 is 5.11 Å². The Morgan fingerprint density at radius 2 is 2.10 bits per heavy atom. The van der Waals surface area contributed by atoms with Crippen LogP contribution in [0.4, 0.5) is 5.69 Å². The third kappa shape index (κ3) is 2.37. The summed E-state index contributed by atoms with van der Waals surface area (Å²) in [6, 6.07) is 13.5. The predicted octanol–water partition coefficient (Wildman–Crippen LogP) is 4.13. The molecule has 0 spiro atoms. The summed E-state index contributed by atoms with van der Waals surface area (Å²) in [5, 5.41) is 21.9. The van der Waals surface area contributed by atoms with Crippen LogP contribution in [0.1, 0.15) is 29.2 Å². The molecular formula is C16H13BrN2O. The predicted molar refractivity (Wildman–Crippen MR) is 81.6 cm³/mol. The zero-order valence-electron chi connectivity index (χ0n) is 10.7. The van der Waals surface area contributed by atoms with E-state index in [0.717, 1.165) is 23.0 Å². The Morgan fingerprint density at radius 1 is 1.25 bits per heavy atom. The molecule has 100 valence electrons. The van der Waals surface area contributed by atoms with Gasteiger partial charge < -0.3 is 10.4 Å². The van der Waals surface area contributed by atoms with Gasteiger partial charge in [-0.05, 0) is 70.2 Å². The maximum Gasteiger partial charge on any atom is 0.115 e. The number of aryl methyl sites for hydroxylation is 1. The van der Waals surface area contributed by atoms with Crippen molar-refractivity contribution in [2.75, 3.05) is 5.32 Å². The summed E-state index contributed by atoms with van der Waals surface area (Å²) >= 11 is 3.49. The Hall–Kier alpha value is -1.99. The van der Waals surface area contributed by atoms with Crippen LogP contribution < -0.4 is 5.32 Å². The second-order valence-electron chi connectivity index (χ2n) is 4.93. The minimum absolute atomic E-state index is 0.245. The lowest BCUT2D eigenvalue weighted by atomic mass is 10.1. The molecule has 20 heavy (non-hydrogen) atoms. The van der Waals surface area contributed by atoms with Crippen molar-refractivity contribution in [1.29, 1.82) is 5.26 Å². The van der Waals surface area contributed by atoms with Crippen LogP contribution in [-0.4, -0.2) is 5.11 Å². The first-order valence-electron chi connectivity index (χ1n) is 6.45. The van der Waals surface area contributed by atoms with Gasteiger partial charge in [0, 0.05) is 10.2 Å². The Balaban J connectivity index is 1.86. The Morgan fingerprint density at radius 3 is 2.85 bits per heavy atom. The number of hydrogen-bond acceptors (Lipinski definition) is 3. The van der Waals surface area contributed by atoms with Gasteiger partial charge in [-0.3, -0.25) is 0 Å². The minimum atomic E-state index is 0.245. The summed E-state index contributed by atoms with van der Waals surface area (Å²) in [7, 11) is 0. The molecule has 0 fully saturated rings. The first kappa shape index (κ1) is 13.0. The van der Waals surface area contributed by atoms with Crippen LogP contribution in [-0.2, 0) is 6.42 Å². The van der Waals surface area contributed by atoms with Gasteiger partial charge in [0.25, 0.3) is 0 Å². The average molecular weight is 329 g/mol. The van der Waals surface area contributed by atoms with Crippen LogP contribution in [0.5, 0.6) is 5.75 Å². The Labute approximate surface area is 126 Å². The van der Waals surface area contributed by atoms with Gasteiger partial charge in [-0.1, -0.05) is 6.07 Å². The maximum absolute atomic E-state index is 9.52. The molecule has 0 aromatic heterocycles. The van der Waals surface area contributed by atoms with Gasteiger partial charge in [-0.25, -0.2) is 0 Å². The van der Waals surface area contributed by atoms with Crippen molar-refractivity contribution in [3.8, 4) is 11.8 Å². The molecule has 0 saturated carbocycles. The second-order valence-corrected chi connectivity index (χ2v) is 5.78. The number of rotatable bonds is 2. The first-order valence-corrected chi connectivity index (χ1v) is 7.24. The number of benzene rings is 2. The van der Waals surface area contributed by atoms with E-state index in [9.17, 15) is 5.11 Å². The molecule has 2 aromatic carbocycles. The molecule has 0 heterocycles. The highest BCUT2D eigenvalue weighted by molar-refractivity contribution is 9.10. The molecule has 0 saturated heterocycles. The van der Waals surface area contributed by atoms with E-state index in [4.69, 9.17) is 5.26 Å². The molecule has 0 aliphatic heterocycles. The fraction of sp³-hybridized carbons (Fsp3) is 0.188. The van der Waals surface area contributed by atoms with Crippen molar-refractivity contribution in [3.63, 3.8) is 0 Å². The molecule has 0 bridgehead atoms. The molecule has 0 radical (unpaired) electrons. The van der Waals surface area contributed by atoms with Crippen molar-refractivity contribution in [2.45, 2.75) is 18.9 Å². The van der Waals surface area contributed by atoms with Gasteiger partial charge in [0.2, 0.25) is 0 Å². The SMILES string of the molecule is N#Cc1ccc(NC2CCc3cc(O)ccc32)c(Br)c1. The van der Waals surface area contributed by atoms with Gasteiger partial charge in [-0.15, -0.1) is 0 Å². The summed E-state index contributed by atoms with van der Waals surface area (Å²) < 4.78 is 0.892. The van der Waals surface area contributed by atoms with E-state index in [0.29, 0.717) is 11.3 Å². The number of phenols is 1. The number of phenolic OH excluding ortho intramolecular Hbond substituents is 1. The van der Waals surface area contributed by atoms with Gasteiger partial charge >= 0.3 is 0 Å². The summed E-state index contributed by atoms with van der Waals surface area (Å²) in [4.78, 5) is 0.